The van der Waals surface area contributed by atoms with Crippen LogP contribution in [0.5, 0.6) is 5.75 Å². The van der Waals surface area contributed by atoms with E-state index < -0.39 is 0 Å². The number of nitrogens with zero attached hydrogens (tertiary/aromatic N) is 3. The number of carbonyl (C=O) groups excluding carboxylic acids is 1. The van der Waals surface area contributed by atoms with Crippen LogP contribution < -0.4 is 4.74 Å². The molecule has 1 saturated heterocycles. The molecule has 1 fully saturated rings. The van der Waals surface area contributed by atoms with Crippen LogP contribution in [0.1, 0.15) is 22.5 Å². The summed E-state index contributed by atoms with van der Waals surface area (Å²) < 4.78 is 19.2. The number of rotatable bonds is 4. The van der Waals surface area contributed by atoms with Gasteiger partial charge in [0.2, 0.25) is 0 Å². The molecule has 1 aromatic carbocycles. The summed E-state index contributed by atoms with van der Waals surface area (Å²) in [7, 11) is 1.56. The average Bonchev–Trinajstić information content (AvgIpc) is 2.90. The van der Waals surface area contributed by atoms with E-state index in [1.807, 2.05) is 0 Å². The molecule has 2 aromatic rings. The predicted molar refractivity (Wildman–Crippen MR) is 98.0 cm³/mol. The number of benzene rings is 1. The molecule has 0 atom stereocenters. The summed E-state index contributed by atoms with van der Waals surface area (Å²) in [4.78, 5) is 20.8. The van der Waals surface area contributed by atoms with Gasteiger partial charge >= 0.3 is 0 Å². The van der Waals surface area contributed by atoms with Gasteiger partial charge < -0.3 is 9.64 Å². The SMILES string of the molecule is COc1ccnc(C(=O)N2CCCN(Cc3c(F)cccc3Cl)CC2)c1. The minimum Gasteiger partial charge on any atom is -0.497 e. The molecule has 0 aliphatic carbocycles. The van der Waals surface area contributed by atoms with Crippen molar-refractivity contribution in [3.63, 3.8) is 0 Å². The van der Waals surface area contributed by atoms with Crippen LogP contribution in [0.3, 0.4) is 0 Å². The number of halogens is 2. The Morgan fingerprint density at radius 1 is 1.27 bits per heavy atom. The van der Waals surface area contributed by atoms with Gasteiger partial charge in [-0.3, -0.25) is 14.7 Å². The van der Waals surface area contributed by atoms with Crippen LogP contribution in [0.25, 0.3) is 0 Å². The molecule has 0 bridgehead atoms. The summed E-state index contributed by atoms with van der Waals surface area (Å²) in [6.07, 6.45) is 2.37. The standard InChI is InChI=1S/C19H21ClFN3O2/c1-26-14-6-7-22-18(12-14)19(25)24-9-3-8-23(10-11-24)13-15-16(20)4-2-5-17(15)21/h2,4-7,12H,3,8-11,13H2,1H3. The van der Waals surface area contributed by atoms with Crippen molar-refractivity contribution in [1.29, 1.82) is 0 Å². The molecular formula is C19H21ClFN3O2. The molecule has 3 rings (SSSR count). The molecule has 0 unspecified atom stereocenters. The van der Waals surface area contributed by atoms with E-state index >= 15 is 0 Å². The third-order valence-corrected chi connectivity index (χ3v) is 4.86. The lowest BCUT2D eigenvalue weighted by Crippen LogP contribution is -2.35. The first-order chi connectivity index (χ1) is 12.6. The van der Waals surface area contributed by atoms with E-state index in [1.54, 1.807) is 42.5 Å². The van der Waals surface area contributed by atoms with Crippen LogP contribution in [-0.2, 0) is 6.54 Å². The molecule has 1 aromatic heterocycles. The lowest BCUT2D eigenvalue weighted by Gasteiger charge is -2.22. The van der Waals surface area contributed by atoms with Crippen LogP contribution in [-0.4, -0.2) is 54.0 Å². The second-order valence-electron chi connectivity index (χ2n) is 6.20. The van der Waals surface area contributed by atoms with Gasteiger partial charge in [0.1, 0.15) is 17.3 Å². The molecule has 1 aliphatic heterocycles. The number of amides is 1. The van der Waals surface area contributed by atoms with E-state index in [0.29, 0.717) is 48.2 Å². The maximum Gasteiger partial charge on any atom is 0.272 e. The Morgan fingerprint density at radius 2 is 2.12 bits per heavy atom. The van der Waals surface area contributed by atoms with E-state index in [4.69, 9.17) is 16.3 Å². The molecule has 138 valence electrons. The van der Waals surface area contributed by atoms with Crippen molar-refractivity contribution in [2.45, 2.75) is 13.0 Å². The largest absolute Gasteiger partial charge is 0.497 e. The molecular weight excluding hydrogens is 357 g/mol. The van der Waals surface area contributed by atoms with Crippen LogP contribution in [0, 0.1) is 5.82 Å². The monoisotopic (exact) mass is 377 g/mol. The molecule has 0 N–H and O–H groups in total. The number of methoxy groups -OCH3 is 1. The fourth-order valence-electron chi connectivity index (χ4n) is 3.06. The Labute approximate surface area is 157 Å². The number of pyridine rings is 1. The summed E-state index contributed by atoms with van der Waals surface area (Å²) in [5.41, 5.74) is 0.873. The van der Waals surface area contributed by atoms with Gasteiger partial charge in [0, 0.05) is 55.6 Å². The van der Waals surface area contributed by atoms with Crippen LogP contribution in [0.15, 0.2) is 36.5 Å². The minimum absolute atomic E-state index is 0.116. The highest BCUT2D eigenvalue weighted by atomic mass is 35.5. The summed E-state index contributed by atoms with van der Waals surface area (Å²) in [6.45, 7) is 3.06. The van der Waals surface area contributed by atoms with Crippen molar-refractivity contribution in [3.05, 3.63) is 58.6 Å². The van der Waals surface area contributed by atoms with Crippen molar-refractivity contribution >= 4 is 17.5 Å². The van der Waals surface area contributed by atoms with Crippen molar-refractivity contribution < 1.29 is 13.9 Å². The molecule has 26 heavy (non-hydrogen) atoms. The van der Waals surface area contributed by atoms with E-state index in [2.05, 4.69) is 9.88 Å². The Hall–Kier alpha value is -2.18. The third kappa shape index (κ3) is 4.31. The summed E-state index contributed by atoms with van der Waals surface area (Å²) >= 11 is 6.13. The van der Waals surface area contributed by atoms with Crippen LogP contribution in [0.2, 0.25) is 5.02 Å². The minimum atomic E-state index is -0.296. The summed E-state index contributed by atoms with van der Waals surface area (Å²) in [5, 5.41) is 0.433. The molecule has 0 saturated carbocycles. The second kappa shape index (κ2) is 8.47. The zero-order valence-electron chi connectivity index (χ0n) is 14.6. The molecule has 0 radical (unpaired) electrons. The zero-order chi connectivity index (χ0) is 18.5. The van der Waals surface area contributed by atoms with Crippen molar-refractivity contribution in [2.75, 3.05) is 33.3 Å². The number of aromatic nitrogens is 1. The first kappa shape index (κ1) is 18.6. The Kier molecular flexibility index (Phi) is 6.06. The molecule has 0 spiro atoms. The molecule has 2 heterocycles. The fraction of sp³-hybridized carbons (Fsp3) is 0.368. The maximum absolute atomic E-state index is 14.0. The Morgan fingerprint density at radius 3 is 2.88 bits per heavy atom. The number of carbonyl (C=O) groups is 1. The lowest BCUT2D eigenvalue weighted by atomic mass is 10.2. The number of ether oxygens (including phenoxy) is 1. The summed E-state index contributed by atoms with van der Waals surface area (Å²) in [6, 6.07) is 8.07. The van der Waals surface area contributed by atoms with Crippen LogP contribution >= 0.6 is 11.6 Å². The van der Waals surface area contributed by atoms with Crippen molar-refractivity contribution in [1.82, 2.24) is 14.8 Å². The van der Waals surface area contributed by atoms with E-state index in [0.717, 1.165) is 13.0 Å². The average molecular weight is 378 g/mol. The topological polar surface area (TPSA) is 45.7 Å². The number of hydrogen-bond acceptors (Lipinski definition) is 4. The first-order valence-corrected chi connectivity index (χ1v) is 8.91. The van der Waals surface area contributed by atoms with E-state index in [9.17, 15) is 9.18 Å². The quantitative estimate of drug-likeness (QED) is 0.820. The highest BCUT2D eigenvalue weighted by molar-refractivity contribution is 6.31. The smallest absolute Gasteiger partial charge is 0.272 e. The first-order valence-electron chi connectivity index (χ1n) is 8.53. The molecule has 5 nitrogen and oxygen atoms in total. The van der Waals surface area contributed by atoms with Crippen molar-refractivity contribution in [2.24, 2.45) is 0 Å². The van der Waals surface area contributed by atoms with Gasteiger partial charge in [-0.2, -0.15) is 0 Å². The van der Waals surface area contributed by atoms with Gasteiger partial charge in [-0.1, -0.05) is 17.7 Å². The normalized spacial score (nSPS) is 15.6. The second-order valence-corrected chi connectivity index (χ2v) is 6.61. The van der Waals surface area contributed by atoms with E-state index in [1.165, 1.54) is 6.07 Å². The van der Waals surface area contributed by atoms with Gasteiger partial charge in [0.15, 0.2) is 0 Å². The number of hydrogen-bond donors (Lipinski definition) is 0. The van der Waals surface area contributed by atoms with Gasteiger partial charge in [0.05, 0.1) is 7.11 Å². The fourth-order valence-corrected chi connectivity index (χ4v) is 3.28. The highest BCUT2D eigenvalue weighted by Gasteiger charge is 2.22. The molecule has 7 heteroatoms. The van der Waals surface area contributed by atoms with Gasteiger partial charge in [-0.15, -0.1) is 0 Å². The van der Waals surface area contributed by atoms with Gasteiger partial charge in [-0.05, 0) is 24.6 Å². The zero-order valence-corrected chi connectivity index (χ0v) is 15.4. The molecule has 1 amide bonds. The maximum atomic E-state index is 14.0. The van der Waals surface area contributed by atoms with Crippen molar-refractivity contribution in [3.8, 4) is 5.75 Å². The van der Waals surface area contributed by atoms with Crippen LogP contribution in [0.4, 0.5) is 4.39 Å². The Bertz CT molecular complexity index is 767. The summed E-state index contributed by atoms with van der Waals surface area (Å²) in [5.74, 6) is 0.193. The lowest BCUT2D eigenvalue weighted by molar-refractivity contribution is 0.0754. The highest BCUT2D eigenvalue weighted by Crippen LogP contribution is 2.21. The third-order valence-electron chi connectivity index (χ3n) is 4.51. The van der Waals surface area contributed by atoms with Gasteiger partial charge in [0.25, 0.3) is 5.91 Å². The predicted octanol–water partition coefficient (Wildman–Crippen LogP) is 3.23. The Balaban J connectivity index is 1.65. The molecule has 1 aliphatic rings. The van der Waals surface area contributed by atoms with Gasteiger partial charge in [-0.25, -0.2) is 4.39 Å². The van der Waals surface area contributed by atoms with E-state index in [-0.39, 0.29) is 11.7 Å².